The lowest BCUT2D eigenvalue weighted by Gasteiger charge is -2.28. The zero-order valence-electron chi connectivity index (χ0n) is 15.5. The van der Waals surface area contributed by atoms with Crippen molar-refractivity contribution in [1.29, 1.82) is 0 Å². The first-order valence-electron chi connectivity index (χ1n) is 9.41. The summed E-state index contributed by atoms with van der Waals surface area (Å²) in [4.78, 5) is 4.52. The highest BCUT2D eigenvalue weighted by Gasteiger charge is 2.36. The Hall–Kier alpha value is -3.15. The molecule has 3 N–H and O–H groups in total. The van der Waals surface area contributed by atoms with E-state index in [4.69, 9.17) is 22.1 Å². The molecule has 0 saturated carbocycles. The third kappa shape index (κ3) is 2.90. The topological polar surface area (TPSA) is 72.2 Å². The number of nitrogen functional groups attached to an aromatic ring is 1. The van der Waals surface area contributed by atoms with Crippen molar-refractivity contribution < 1.29 is 14.4 Å². The Kier molecular flexibility index (Phi) is 4.34. The Labute approximate surface area is 173 Å². The number of ether oxygens (including phenoxy) is 1. The Morgan fingerprint density at radius 2 is 1.86 bits per heavy atom. The minimum Gasteiger partial charge on any atom is -0.425 e. The molecule has 5 nitrogen and oxygen atoms in total. The van der Waals surface area contributed by atoms with E-state index in [0.29, 0.717) is 23.3 Å². The average Bonchev–Trinajstić information content (AvgIpc) is 2.75. The number of aliphatic hydroxyl groups is 1. The lowest BCUT2D eigenvalue weighted by atomic mass is 9.82. The van der Waals surface area contributed by atoms with E-state index in [9.17, 15) is 5.11 Å². The van der Waals surface area contributed by atoms with Crippen LogP contribution in [0, 0.1) is 0 Å². The highest BCUT2D eigenvalue weighted by Crippen LogP contribution is 2.50. The Balaban J connectivity index is 1.81. The van der Waals surface area contributed by atoms with Gasteiger partial charge in [-0.05, 0) is 23.1 Å². The maximum atomic E-state index is 9.39. The van der Waals surface area contributed by atoms with Crippen LogP contribution in [0.5, 0.6) is 11.6 Å². The molecule has 3 aromatic carbocycles. The molecule has 0 unspecified atom stereocenters. The van der Waals surface area contributed by atoms with E-state index in [-0.39, 0.29) is 12.5 Å². The molecule has 0 saturated heterocycles. The number of nitrogens with two attached hydrogens (primary N) is 1. The van der Waals surface area contributed by atoms with Crippen LogP contribution < -0.4 is 15.0 Å². The van der Waals surface area contributed by atoms with Crippen molar-refractivity contribution in [3.05, 3.63) is 88.7 Å². The van der Waals surface area contributed by atoms with Crippen LogP contribution in [0.4, 0.5) is 5.82 Å². The van der Waals surface area contributed by atoms with Crippen LogP contribution in [-0.2, 0) is 6.54 Å². The van der Waals surface area contributed by atoms with E-state index in [0.717, 1.165) is 33.2 Å². The molecule has 1 aliphatic heterocycles. The molecule has 6 heteroatoms. The van der Waals surface area contributed by atoms with Gasteiger partial charge in [-0.2, -0.15) is 0 Å². The minimum atomic E-state index is -0.158. The van der Waals surface area contributed by atoms with E-state index in [2.05, 4.69) is 29.2 Å². The van der Waals surface area contributed by atoms with Crippen molar-refractivity contribution in [2.24, 2.45) is 0 Å². The van der Waals surface area contributed by atoms with E-state index >= 15 is 0 Å². The molecule has 1 aliphatic rings. The van der Waals surface area contributed by atoms with Crippen LogP contribution in [0.15, 0.2) is 67.0 Å². The van der Waals surface area contributed by atoms with Crippen molar-refractivity contribution in [3.63, 3.8) is 0 Å². The lowest BCUT2D eigenvalue weighted by Crippen LogP contribution is -2.41. The van der Waals surface area contributed by atoms with Crippen LogP contribution in [-0.4, -0.2) is 16.7 Å². The number of halogens is 1. The second-order valence-corrected chi connectivity index (χ2v) is 7.49. The Morgan fingerprint density at radius 3 is 2.66 bits per heavy atom. The molecule has 144 valence electrons. The molecule has 0 aliphatic carbocycles. The number of aliphatic hydroxyl groups excluding tert-OH is 1. The highest BCUT2D eigenvalue weighted by molar-refractivity contribution is 6.30. The normalized spacial score (nSPS) is 14.9. The number of hydrogen-bond donors (Lipinski definition) is 2. The SMILES string of the molecule is Nc1c2c(nc[n+]1CCO)Oc1c(ccc3ccccc13)[C@H]2c1ccc(Cl)cc1. The quantitative estimate of drug-likeness (QED) is 0.445. The van der Waals surface area contributed by atoms with Crippen LogP contribution in [0.25, 0.3) is 10.8 Å². The number of hydrogen-bond acceptors (Lipinski definition) is 4. The number of anilines is 1. The summed E-state index contributed by atoms with van der Waals surface area (Å²) in [6.45, 7) is 0.340. The molecule has 0 radical (unpaired) electrons. The second kappa shape index (κ2) is 7.03. The van der Waals surface area contributed by atoms with E-state index < -0.39 is 0 Å². The van der Waals surface area contributed by atoms with E-state index in [1.165, 1.54) is 0 Å². The maximum Gasteiger partial charge on any atom is 0.306 e. The zero-order valence-corrected chi connectivity index (χ0v) is 16.3. The largest absolute Gasteiger partial charge is 0.425 e. The monoisotopic (exact) mass is 404 g/mol. The van der Waals surface area contributed by atoms with Gasteiger partial charge in [0.1, 0.15) is 11.3 Å². The van der Waals surface area contributed by atoms with Crippen molar-refractivity contribution in [2.45, 2.75) is 12.5 Å². The summed E-state index contributed by atoms with van der Waals surface area (Å²) in [6.07, 6.45) is 1.61. The molecule has 2 heterocycles. The van der Waals surface area contributed by atoms with Gasteiger partial charge in [-0.25, -0.2) is 4.57 Å². The summed E-state index contributed by atoms with van der Waals surface area (Å²) in [5.74, 6) is 1.65. The van der Waals surface area contributed by atoms with Gasteiger partial charge < -0.3 is 15.6 Å². The molecule has 29 heavy (non-hydrogen) atoms. The van der Waals surface area contributed by atoms with Gasteiger partial charge in [0, 0.05) is 16.0 Å². The molecule has 1 aromatic heterocycles. The van der Waals surface area contributed by atoms with Gasteiger partial charge in [0.05, 0.1) is 19.1 Å². The predicted molar refractivity (Wildman–Crippen MR) is 112 cm³/mol. The maximum absolute atomic E-state index is 9.39. The van der Waals surface area contributed by atoms with E-state index in [1.807, 2.05) is 36.4 Å². The number of rotatable bonds is 3. The first-order chi connectivity index (χ1) is 14.2. The molecule has 5 rings (SSSR count). The van der Waals surface area contributed by atoms with Crippen LogP contribution in [0.2, 0.25) is 5.02 Å². The summed E-state index contributed by atoms with van der Waals surface area (Å²) < 4.78 is 8.03. The van der Waals surface area contributed by atoms with Gasteiger partial charge in [-0.1, -0.05) is 65.1 Å². The van der Waals surface area contributed by atoms with Gasteiger partial charge in [0.15, 0.2) is 0 Å². The fourth-order valence-electron chi connectivity index (χ4n) is 4.01. The lowest BCUT2D eigenvalue weighted by molar-refractivity contribution is -0.687. The average molecular weight is 405 g/mol. The summed E-state index contributed by atoms with van der Waals surface area (Å²) in [7, 11) is 0. The summed E-state index contributed by atoms with van der Waals surface area (Å²) in [5, 5.41) is 12.2. The summed E-state index contributed by atoms with van der Waals surface area (Å²) in [6, 6.07) is 20.1. The van der Waals surface area contributed by atoms with Crippen LogP contribution >= 0.6 is 11.6 Å². The Morgan fingerprint density at radius 1 is 1.07 bits per heavy atom. The summed E-state index contributed by atoms with van der Waals surface area (Å²) >= 11 is 6.13. The third-order valence-corrected chi connectivity index (χ3v) is 5.63. The minimum absolute atomic E-state index is 0.0248. The highest BCUT2D eigenvalue weighted by atomic mass is 35.5. The molecule has 4 aromatic rings. The molecule has 0 bridgehead atoms. The molecule has 1 atom stereocenters. The molecular formula is C23H19ClN3O2+. The first-order valence-corrected chi connectivity index (χ1v) is 9.79. The van der Waals surface area contributed by atoms with Gasteiger partial charge in [0.25, 0.3) is 0 Å². The molecule has 0 fully saturated rings. The zero-order chi connectivity index (χ0) is 20.0. The standard InChI is InChI=1S/C23H18ClN3O2/c24-16-8-5-15(6-9-16)19-18-10-7-14-3-1-2-4-17(14)21(18)29-23-20(19)22(25)27(11-12-28)13-26-23/h1-10,13,19,25,28H,11-12H2/p+1/t19-/m1/s1. The van der Waals surface area contributed by atoms with Crippen LogP contribution in [0.1, 0.15) is 22.6 Å². The molecular weight excluding hydrogens is 386 g/mol. The second-order valence-electron chi connectivity index (χ2n) is 7.06. The number of nitrogens with zero attached hydrogens (tertiary/aromatic N) is 2. The first kappa shape index (κ1) is 17.9. The Bertz CT molecular complexity index is 1220. The van der Waals surface area contributed by atoms with Gasteiger partial charge in [0.2, 0.25) is 12.1 Å². The van der Waals surface area contributed by atoms with Gasteiger partial charge >= 0.3 is 5.88 Å². The van der Waals surface area contributed by atoms with Gasteiger partial charge in [-0.3, -0.25) is 0 Å². The number of benzene rings is 3. The van der Waals surface area contributed by atoms with Gasteiger partial charge in [-0.15, -0.1) is 0 Å². The van der Waals surface area contributed by atoms with E-state index in [1.54, 1.807) is 10.9 Å². The fraction of sp³-hybridized carbons (Fsp3) is 0.130. The van der Waals surface area contributed by atoms with Crippen molar-refractivity contribution in [3.8, 4) is 11.6 Å². The number of fused-ring (bicyclic) bond motifs is 4. The smallest absolute Gasteiger partial charge is 0.306 e. The summed E-state index contributed by atoms with van der Waals surface area (Å²) in [5.41, 5.74) is 9.39. The third-order valence-electron chi connectivity index (χ3n) is 5.38. The van der Waals surface area contributed by atoms with Crippen LogP contribution in [0.3, 0.4) is 0 Å². The van der Waals surface area contributed by atoms with Crippen molar-refractivity contribution in [1.82, 2.24) is 4.98 Å². The molecule has 0 amide bonds. The predicted octanol–water partition coefficient (Wildman–Crippen LogP) is 4.04. The fourth-order valence-corrected chi connectivity index (χ4v) is 4.14. The molecule has 0 spiro atoms. The van der Waals surface area contributed by atoms with Crippen molar-refractivity contribution >= 4 is 28.2 Å². The van der Waals surface area contributed by atoms with Crippen molar-refractivity contribution in [2.75, 3.05) is 12.3 Å². The number of aromatic nitrogens is 2.